The number of hydrazone groups is 1. The third kappa shape index (κ3) is 3.80. The van der Waals surface area contributed by atoms with Gasteiger partial charge in [-0.25, -0.2) is 9.59 Å². The lowest BCUT2D eigenvalue weighted by atomic mass is 9.85. The average Bonchev–Trinajstić information content (AvgIpc) is 2.92. The number of carbonyl (C=O) groups excluding carboxylic acids is 4. The van der Waals surface area contributed by atoms with Crippen molar-refractivity contribution < 1.29 is 28.7 Å². The van der Waals surface area contributed by atoms with E-state index >= 15 is 0 Å². The highest BCUT2D eigenvalue weighted by Crippen LogP contribution is 2.38. The predicted molar refractivity (Wildman–Crippen MR) is 110 cm³/mol. The number of carbonyl (C=O) groups is 4. The number of amides is 2. The molecule has 2 aliphatic heterocycles. The number of nitrogens with one attached hydrogen (secondary N) is 1. The van der Waals surface area contributed by atoms with Gasteiger partial charge in [-0.3, -0.25) is 19.9 Å². The summed E-state index contributed by atoms with van der Waals surface area (Å²) in [6.07, 6.45) is 2.70. The van der Waals surface area contributed by atoms with Crippen LogP contribution in [0.1, 0.15) is 67.2 Å². The standard InChI is InChI=1S/C22H25N3O6/c1-12(2)11-25-18(26)14-7-4-8-15(16(14)19(25)27)23-24-17-20(28)30-22(31-21(17)29)9-5-6-13(3)10-22/h4,7-8,12-13,23H,5-6,9-11H2,1-3H3. The second kappa shape index (κ2) is 7.79. The van der Waals surface area contributed by atoms with Crippen LogP contribution in [0.3, 0.4) is 0 Å². The molecule has 1 unspecified atom stereocenters. The molecule has 1 aromatic carbocycles. The molecular formula is C22H25N3O6. The number of esters is 2. The van der Waals surface area contributed by atoms with E-state index in [1.165, 1.54) is 4.90 Å². The van der Waals surface area contributed by atoms with Gasteiger partial charge in [-0.2, -0.15) is 5.10 Å². The monoisotopic (exact) mass is 427 g/mol. The van der Waals surface area contributed by atoms with Gasteiger partial charge in [-0.05, 0) is 30.4 Å². The molecule has 1 aliphatic carbocycles. The topological polar surface area (TPSA) is 114 Å². The smallest absolute Gasteiger partial charge is 0.369 e. The number of hydrogen-bond acceptors (Lipinski definition) is 8. The molecule has 2 fully saturated rings. The van der Waals surface area contributed by atoms with Gasteiger partial charge in [0.15, 0.2) is 0 Å². The van der Waals surface area contributed by atoms with Gasteiger partial charge in [0.2, 0.25) is 0 Å². The molecule has 1 saturated carbocycles. The first-order valence-electron chi connectivity index (χ1n) is 10.5. The van der Waals surface area contributed by atoms with E-state index in [-0.39, 0.29) is 34.6 Å². The fourth-order valence-electron chi connectivity index (χ4n) is 4.34. The Balaban J connectivity index is 1.56. The van der Waals surface area contributed by atoms with Gasteiger partial charge in [0.25, 0.3) is 23.3 Å². The summed E-state index contributed by atoms with van der Waals surface area (Å²) in [7, 11) is 0. The Morgan fingerprint density at radius 2 is 1.87 bits per heavy atom. The molecule has 9 nitrogen and oxygen atoms in total. The molecule has 3 aliphatic rings. The van der Waals surface area contributed by atoms with Crippen LogP contribution in [0.15, 0.2) is 23.3 Å². The van der Waals surface area contributed by atoms with Crippen molar-refractivity contribution in [2.75, 3.05) is 12.0 Å². The summed E-state index contributed by atoms with van der Waals surface area (Å²) in [5.74, 6) is -3.39. The molecule has 164 valence electrons. The summed E-state index contributed by atoms with van der Waals surface area (Å²) < 4.78 is 10.9. The third-order valence-corrected chi connectivity index (χ3v) is 5.69. The van der Waals surface area contributed by atoms with Crippen molar-refractivity contribution in [3.63, 3.8) is 0 Å². The second-order valence-electron chi connectivity index (χ2n) is 8.81. The molecule has 1 spiro atoms. The molecule has 1 atom stereocenters. The summed E-state index contributed by atoms with van der Waals surface area (Å²) in [4.78, 5) is 51.6. The molecule has 4 rings (SSSR count). The number of rotatable bonds is 4. The summed E-state index contributed by atoms with van der Waals surface area (Å²) in [6.45, 7) is 6.13. The molecule has 0 bridgehead atoms. The zero-order chi connectivity index (χ0) is 22.3. The van der Waals surface area contributed by atoms with Crippen molar-refractivity contribution in [3.05, 3.63) is 29.3 Å². The molecule has 1 N–H and O–H groups in total. The van der Waals surface area contributed by atoms with Gasteiger partial charge >= 0.3 is 11.9 Å². The summed E-state index contributed by atoms with van der Waals surface area (Å²) in [5.41, 5.74) is 2.69. The number of imide groups is 1. The Bertz CT molecular complexity index is 979. The van der Waals surface area contributed by atoms with Crippen molar-refractivity contribution >= 4 is 35.2 Å². The Labute approximate surface area is 179 Å². The highest BCUT2D eigenvalue weighted by Gasteiger charge is 2.49. The lowest BCUT2D eigenvalue weighted by molar-refractivity contribution is -0.241. The van der Waals surface area contributed by atoms with Gasteiger partial charge < -0.3 is 9.47 Å². The van der Waals surface area contributed by atoms with E-state index < -0.39 is 29.3 Å². The molecule has 2 amide bonds. The predicted octanol–water partition coefficient (Wildman–Crippen LogP) is 2.71. The maximum Gasteiger partial charge on any atom is 0.369 e. The quantitative estimate of drug-likeness (QED) is 0.446. The van der Waals surface area contributed by atoms with E-state index in [2.05, 4.69) is 10.5 Å². The van der Waals surface area contributed by atoms with E-state index in [4.69, 9.17) is 9.47 Å². The Morgan fingerprint density at radius 3 is 2.52 bits per heavy atom. The minimum absolute atomic E-state index is 0.112. The number of benzene rings is 1. The highest BCUT2D eigenvalue weighted by atomic mass is 16.7. The molecule has 31 heavy (non-hydrogen) atoms. The fourth-order valence-corrected chi connectivity index (χ4v) is 4.34. The van der Waals surface area contributed by atoms with Crippen LogP contribution < -0.4 is 5.43 Å². The molecular weight excluding hydrogens is 402 g/mol. The van der Waals surface area contributed by atoms with Crippen LogP contribution in [-0.2, 0) is 19.1 Å². The van der Waals surface area contributed by atoms with Crippen LogP contribution >= 0.6 is 0 Å². The maximum atomic E-state index is 12.8. The van der Waals surface area contributed by atoms with E-state index in [0.29, 0.717) is 19.4 Å². The van der Waals surface area contributed by atoms with E-state index in [0.717, 1.165) is 12.8 Å². The number of fused-ring (bicyclic) bond motifs is 1. The van der Waals surface area contributed by atoms with Crippen LogP contribution in [0.5, 0.6) is 0 Å². The Kier molecular flexibility index (Phi) is 5.28. The van der Waals surface area contributed by atoms with Gasteiger partial charge in [-0.15, -0.1) is 0 Å². The first kappa shape index (κ1) is 21.0. The lowest BCUT2D eigenvalue weighted by Gasteiger charge is -2.40. The molecule has 2 heterocycles. The third-order valence-electron chi connectivity index (χ3n) is 5.69. The van der Waals surface area contributed by atoms with Crippen molar-refractivity contribution in [1.29, 1.82) is 0 Å². The van der Waals surface area contributed by atoms with E-state index in [9.17, 15) is 19.2 Å². The summed E-state index contributed by atoms with van der Waals surface area (Å²) in [5, 5.41) is 3.87. The minimum Gasteiger partial charge on any atom is -0.417 e. The van der Waals surface area contributed by atoms with Gasteiger partial charge in [0.05, 0.1) is 16.8 Å². The van der Waals surface area contributed by atoms with Crippen molar-refractivity contribution in [1.82, 2.24) is 4.90 Å². The van der Waals surface area contributed by atoms with Crippen LogP contribution in [0.2, 0.25) is 0 Å². The van der Waals surface area contributed by atoms with Crippen molar-refractivity contribution in [2.24, 2.45) is 16.9 Å². The fraction of sp³-hybridized carbons (Fsp3) is 0.500. The highest BCUT2D eigenvalue weighted by molar-refractivity contribution is 6.63. The van der Waals surface area contributed by atoms with Crippen LogP contribution in [0, 0.1) is 11.8 Å². The zero-order valence-electron chi connectivity index (χ0n) is 17.8. The summed E-state index contributed by atoms with van der Waals surface area (Å²) in [6, 6.07) is 4.71. The van der Waals surface area contributed by atoms with E-state index in [1.807, 2.05) is 20.8 Å². The average molecular weight is 427 g/mol. The Hall–Kier alpha value is -3.23. The largest absolute Gasteiger partial charge is 0.417 e. The van der Waals surface area contributed by atoms with E-state index in [1.54, 1.807) is 18.2 Å². The minimum atomic E-state index is -1.22. The normalized spacial score (nSPS) is 25.6. The molecule has 9 heteroatoms. The SMILES string of the molecule is CC(C)CN1C(=O)c2cccc(NN=C3C(=O)OC4(CCCC(C)C4)OC3=O)c2C1=O. The molecule has 0 radical (unpaired) electrons. The van der Waals surface area contributed by atoms with Crippen molar-refractivity contribution in [3.8, 4) is 0 Å². The van der Waals surface area contributed by atoms with Gasteiger partial charge in [0, 0.05) is 19.4 Å². The van der Waals surface area contributed by atoms with Crippen LogP contribution in [0.4, 0.5) is 5.69 Å². The molecule has 1 aromatic rings. The number of nitrogens with zero attached hydrogens (tertiary/aromatic N) is 2. The maximum absolute atomic E-state index is 12.8. The first-order valence-corrected chi connectivity index (χ1v) is 10.5. The van der Waals surface area contributed by atoms with Crippen LogP contribution in [0.25, 0.3) is 0 Å². The zero-order valence-corrected chi connectivity index (χ0v) is 17.8. The number of hydrogen-bond donors (Lipinski definition) is 1. The number of ether oxygens (including phenoxy) is 2. The first-order chi connectivity index (χ1) is 14.7. The van der Waals surface area contributed by atoms with Crippen molar-refractivity contribution in [2.45, 2.75) is 52.2 Å². The number of anilines is 1. The van der Waals surface area contributed by atoms with Gasteiger partial charge in [-0.1, -0.05) is 33.3 Å². The van der Waals surface area contributed by atoms with Crippen LogP contribution in [-0.4, -0.2) is 46.7 Å². The lowest BCUT2D eigenvalue weighted by Crippen LogP contribution is -2.52. The molecule has 0 aromatic heterocycles. The summed E-state index contributed by atoms with van der Waals surface area (Å²) >= 11 is 0. The van der Waals surface area contributed by atoms with Gasteiger partial charge in [0.1, 0.15) is 0 Å². The Morgan fingerprint density at radius 1 is 1.16 bits per heavy atom. The second-order valence-corrected chi connectivity index (χ2v) is 8.81. The molecule has 1 saturated heterocycles.